The molecule has 0 atom stereocenters. The van der Waals surface area contributed by atoms with Gasteiger partial charge in [0.25, 0.3) is 5.56 Å². The molecule has 0 aliphatic rings. The lowest BCUT2D eigenvalue weighted by atomic mass is 11.0. The van der Waals surface area contributed by atoms with Crippen LogP contribution in [-0.2, 0) is 0 Å². The average molecular weight is 139 g/mol. The van der Waals surface area contributed by atoms with Crippen LogP contribution in [0.1, 0.15) is 0 Å². The van der Waals surface area contributed by atoms with Crippen molar-refractivity contribution in [2.24, 2.45) is 0 Å². The number of hydrogen-bond acceptors (Lipinski definition) is 3. The highest BCUT2D eigenvalue weighted by molar-refractivity contribution is 5.67. The summed E-state index contributed by atoms with van der Waals surface area (Å²) in [6.07, 6.45) is 2.76. The summed E-state index contributed by atoms with van der Waals surface area (Å²) in [7, 11) is 0. The van der Waals surface area contributed by atoms with Gasteiger partial charge in [-0.25, -0.2) is 9.97 Å². The van der Waals surface area contributed by atoms with Crippen molar-refractivity contribution in [1.29, 1.82) is 0 Å². The summed E-state index contributed by atoms with van der Waals surface area (Å²) < 4.78 is 0. The Morgan fingerprint density at radius 2 is 1.90 bits per heavy atom. The maximum Gasteiger partial charge on any atom is 0.276 e. The molecule has 0 saturated carbocycles. The first-order valence-corrected chi connectivity index (χ1v) is 2.75. The maximum atomic E-state index is 10.9. The van der Waals surface area contributed by atoms with E-state index < -0.39 is 0 Å². The van der Waals surface area contributed by atoms with Crippen molar-refractivity contribution < 1.29 is 0 Å². The van der Waals surface area contributed by atoms with E-state index in [1.165, 1.54) is 12.7 Å². The Bertz CT molecular complexity index is 401. The van der Waals surface area contributed by atoms with E-state index >= 15 is 0 Å². The normalized spacial score (nSPS) is 10.4. The van der Waals surface area contributed by atoms with E-state index in [2.05, 4.69) is 19.9 Å². The number of imidazole rings is 1. The number of nitrogens with zero attached hydrogens (tertiary/aromatic N) is 2. The summed E-state index contributed by atoms with van der Waals surface area (Å²) in [5.41, 5.74) is 0.675. The second kappa shape index (κ2) is 1.66. The van der Waals surface area contributed by atoms with Crippen LogP contribution >= 0.6 is 0 Å². The van der Waals surface area contributed by atoms with Gasteiger partial charge in [0.15, 0.2) is 11.2 Å². The van der Waals surface area contributed by atoms with Crippen LogP contribution in [0, 0.1) is 0 Å². The molecule has 2 aromatic rings. The topological polar surface area (TPSA) is 74.4 Å². The standard InChI is InChI=1S/C5H4N4O/c10-5-3-4(7-1-6-3)8-2-9-5/h1-2H,(H2,6,7,8,9,10)/i3+1,4+1,6+1. The fourth-order valence-corrected chi connectivity index (χ4v) is 0.776. The highest BCUT2D eigenvalue weighted by atomic mass is 16.1. The fourth-order valence-electron chi connectivity index (χ4n) is 0.776. The van der Waals surface area contributed by atoms with E-state index in [0.29, 0.717) is 11.2 Å². The number of rotatable bonds is 0. The minimum Gasteiger partial charge on any atom is -0.339 e. The maximum absolute atomic E-state index is 10.9. The molecule has 5 nitrogen and oxygen atoms in total. The quantitative estimate of drug-likeness (QED) is 0.523. The highest BCUT2D eigenvalue weighted by Crippen LogP contribution is 1.94. The zero-order valence-electron chi connectivity index (χ0n) is 4.96. The number of fused-ring (bicyclic) bond motifs is 1. The Kier molecular flexibility index (Phi) is 0.858. The van der Waals surface area contributed by atoms with Crippen molar-refractivity contribution >= 4 is 11.2 Å². The van der Waals surface area contributed by atoms with Crippen LogP contribution in [0.4, 0.5) is 0 Å². The molecule has 0 fully saturated rings. The minimum atomic E-state index is -0.192. The van der Waals surface area contributed by atoms with E-state index in [1.807, 2.05) is 0 Å². The summed E-state index contributed by atoms with van der Waals surface area (Å²) in [6, 6.07) is 0. The molecule has 0 amide bonds. The third kappa shape index (κ3) is 0.540. The Balaban J connectivity index is 3.09. The van der Waals surface area contributed by atoms with Gasteiger partial charge in [-0.2, -0.15) is 0 Å². The molecule has 2 heterocycles. The predicted molar refractivity (Wildman–Crippen MR) is 34.5 cm³/mol. The second-order valence-electron chi connectivity index (χ2n) is 1.83. The predicted octanol–water partition coefficient (Wildman–Crippen LogP) is -0.354. The van der Waals surface area contributed by atoms with Gasteiger partial charge in [0.2, 0.25) is 0 Å². The van der Waals surface area contributed by atoms with Gasteiger partial charge in [0, 0.05) is 0 Å². The van der Waals surface area contributed by atoms with Crippen LogP contribution in [0.2, 0.25) is 0 Å². The first-order chi connectivity index (χ1) is 4.88. The summed E-state index contributed by atoms with van der Waals surface area (Å²) in [6.45, 7) is 0. The summed E-state index contributed by atoms with van der Waals surface area (Å²) in [5.74, 6) is 0. The highest BCUT2D eigenvalue weighted by Gasteiger charge is 1.97. The Morgan fingerprint density at radius 3 is 2.60 bits per heavy atom. The molecule has 2 N–H and O–H groups in total. The summed E-state index contributed by atoms with van der Waals surface area (Å²) in [4.78, 5) is 23.6. The Labute approximate surface area is 55.1 Å². The smallest absolute Gasteiger partial charge is 0.276 e. The van der Waals surface area contributed by atoms with Crippen LogP contribution in [-0.4, -0.2) is 19.9 Å². The van der Waals surface area contributed by atoms with Gasteiger partial charge < -0.3 is 9.97 Å². The third-order valence-corrected chi connectivity index (χ3v) is 1.23. The lowest BCUT2D eigenvalue weighted by Gasteiger charge is -1.81. The summed E-state index contributed by atoms with van der Waals surface area (Å²) >= 11 is 0. The third-order valence-electron chi connectivity index (χ3n) is 1.23. The van der Waals surface area contributed by atoms with E-state index in [1.54, 1.807) is 0 Å². The Morgan fingerprint density at radius 1 is 1.20 bits per heavy atom. The summed E-state index contributed by atoms with van der Waals surface area (Å²) in [5, 5.41) is 0. The van der Waals surface area contributed by atoms with E-state index in [-0.39, 0.29) is 5.56 Å². The van der Waals surface area contributed by atoms with Crippen LogP contribution < -0.4 is 5.56 Å². The molecular formula is C5H4N4O. The number of nitrogens with one attached hydrogen (secondary N) is 2. The molecule has 0 aliphatic carbocycles. The molecule has 0 radical (unpaired) electrons. The van der Waals surface area contributed by atoms with Crippen molar-refractivity contribution in [2.75, 3.05) is 0 Å². The largest absolute Gasteiger partial charge is 0.339 e. The van der Waals surface area contributed by atoms with Crippen LogP contribution in [0.5, 0.6) is 0 Å². The second-order valence-corrected chi connectivity index (χ2v) is 1.83. The average Bonchev–Trinajstić information content (AvgIpc) is 2.36. The molecule has 50 valence electrons. The molecule has 2 aromatic heterocycles. The molecule has 0 aliphatic heterocycles. The molecule has 0 saturated heterocycles. The van der Waals surface area contributed by atoms with E-state index in [9.17, 15) is 4.79 Å². The van der Waals surface area contributed by atoms with Gasteiger partial charge in [0.1, 0.15) is 0 Å². The van der Waals surface area contributed by atoms with Gasteiger partial charge in [0.05, 0.1) is 12.7 Å². The van der Waals surface area contributed by atoms with E-state index in [4.69, 9.17) is 0 Å². The number of aromatic amines is 2. The number of H-pyrrole nitrogens is 2. The molecule has 0 bridgehead atoms. The van der Waals surface area contributed by atoms with Gasteiger partial charge >= 0.3 is 0 Å². The molecule has 0 spiro atoms. The first kappa shape index (κ1) is 5.16. The Hall–Kier alpha value is -1.65. The van der Waals surface area contributed by atoms with Gasteiger partial charge in [-0.1, -0.05) is 0 Å². The van der Waals surface area contributed by atoms with Crippen molar-refractivity contribution in [3.05, 3.63) is 23.0 Å². The lowest BCUT2D eigenvalue weighted by Crippen LogP contribution is -2.05. The van der Waals surface area contributed by atoms with Gasteiger partial charge in [-0.05, 0) is 0 Å². The van der Waals surface area contributed by atoms with E-state index in [0.717, 1.165) is 0 Å². The molecular weight excluding hydrogens is 135 g/mol. The lowest BCUT2D eigenvalue weighted by molar-refractivity contribution is 1.15. The molecule has 2 rings (SSSR count). The van der Waals surface area contributed by atoms with Crippen molar-refractivity contribution in [3.8, 4) is 0 Å². The molecule has 5 heteroatoms. The fraction of sp³-hybridized carbons (Fsp3) is 0. The molecule has 10 heavy (non-hydrogen) atoms. The zero-order valence-corrected chi connectivity index (χ0v) is 4.96. The van der Waals surface area contributed by atoms with Crippen molar-refractivity contribution in [1.82, 2.24) is 19.9 Å². The van der Waals surface area contributed by atoms with Gasteiger partial charge in [-0.15, -0.1) is 0 Å². The van der Waals surface area contributed by atoms with Crippen LogP contribution in [0.15, 0.2) is 17.4 Å². The van der Waals surface area contributed by atoms with Crippen molar-refractivity contribution in [3.63, 3.8) is 0 Å². The van der Waals surface area contributed by atoms with Gasteiger partial charge in [-0.3, -0.25) is 4.79 Å². The monoisotopic (exact) mass is 139 g/mol. The van der Waals surface area contributed by atoms with Crippen LogP contribution in [0.25, 0.3) is 11.2 Å². The number of hydrogen-bond donors (Lipinski definition) is 2. The molecule has 0 aromatic carbocycles. The van der Waals surface area contributed by atoms with Crippen LogP contribution in [0.3, 0.4) is 0 Å². The SMILES string of the molecule is O=c1[nH]cn[13c]2nc[15nH][13c]12. The zero-order chi connectivity index (χ0) is 6.97. The minimum absolute atomic E-state index is 0.192. The first-order valence-electron chi connectivity index (χ1n) is 2.75. The molecule has 0 unspecified atom stereocenters. The number of aromatic nitrogens is 4. The van der Waals surface area contributed by atoms with Crippen molar-refractivity contribution in [2.45, 2.75) is 0 Å².